The van der Waals surface area contributed by atoms with Gasteiger partial charge in [-0.25, -0.2) is 4.39 Å². The van der Waals surface area contributed by atoms with E-state index in [0.717, 1.165) is 10.3 Å². The first-order chi connectivity index (χ1) is 9.65. The Morgan fingerprint density at radius 2 is 2.25 bits per heavy atom. The van der Waals surface area contributed by atoms with Gasteiger partial charge in [-0.3, -0.25) is 4.79 Å². The fourth-order valence-electron chi connectivity index (χ4n) is 1.91. The topological polar surface area (TPSA) is 68.3 Å². The number of halogens is 1. The summed E-state index contributed by atoms with van der Waals surface area (Å²) >= 11 is 1.25. The number of amides is 1. The molecule has 1 amide bonds. The number of nitrogen functional groups attached to an aromatic ring is 1. The molecule has 0 fully saturated rings. The molecule has 0 aliphatic rings. The van der Waals surface area contributed by atoms with Gasteiger partial charge in [0.05, 0.1) is 18.2 Å². The van der Waals surface area contributed by atoms with Gasteiger partial charge >= 0.3 is 0 Å². The van der Waals surface area contributed by atoms with Crippen LogP contribution in [0.1, 0.15) is 15.2 Å². The van der Waals surface area contributed by atoms with Gasteiger partial charge in [0.25, 0.3) is 5.91 Å². The number of benzene rings is 1. The Labute approximate surface area is 118 Å². The molecule has 4 nitrogen and oxygen atoms in total. The maximum Gasteiger partial charge on any atom is 0.263 e. The molecule has 20 heavy (non-hydrogen) atoms. The minimum absolute atomic E-state index is 0.273. The number of anilines is 1. The van der Waals surface area contributed by atoms with Crippen LogP contribution in [0, 0.1) is 5.82 Å². The summed E-state index contributed by atoms with van der Waals surface area (Å²) in [6.07, 6.45) is 3.10. The Morgan fingerprint density at radius 3 is 3.00 bits per heavy atom. The molecule has 3 N–H and O–H groups in total. The van der Waals surface area contributed by atoms with E-state index in [2.05, 4.69) is 5.32 Å². The van der Waals surface area contributed by atoms with Gasteiger partial charge in [0.15, 0.2) is 0 Å². The van der Waals surface area contributed by atoms with Crippen molar-refractivity contribution >= 4 is 33.0 Å². The van der Waals surface area contributed by atoms with Crippen LogP contribution in [0.2, 0.25) is 0 Å². The van der Waals surface area contributed by atoms with Gasteiger partial charge in [0.2, 0.25) is 0 Å². The molecule has 0 atom stereocenters. The minimum Gasteiger partial charge on any atom is -0.472 e. The van der Waals surface area contributed by atoms with Crippen molar-refractivity contribution in [3.05, 3.63) is 53.0 Å². The van der Waals surface area contributed by atoms with Crippen LogP contribution in [0.3, 0.4) is 0 Å². The Hall–Kier alpha value is -2.34. The summed E-state index contributed by atoms with van der Waals surface area (Å²) in [7, 11) is 0. The van der Waals surface area contributed by atoms with Crippen molar-refractivity contribution in [3.8, 4) is 0 Å². The van der Waals surface area contributed by atoms with Crippen LogP contribution in [-0.4, -0.2) is 5.91 Å². The van der Waals surface area contributed by atoms with Crippen LogP contribution < -0.4 is 11.1 Å². The molecule has 3 aromatic rings. The number of furan rings is 1. The normalized spacial score (nSPS) is 10.8. The first-order valence-electron chi connectivity index (χ1n) is 5.92. The van der Waals surface area contributed by atoms with Crippen molar-refractivity contribution in [2.75, 3.05) is 5.73 Å². The van der Waals surface area contributed by atoms with E-state index < -0.39 is 0 Å². The van der Waals surface area contributed by atoms with E-state index in [1.54, 1.807) is 18.4 Å². The number of hydrogen-bond donors (Lipinski definition) is 2. The number of thiophene rings is 1. The zero-order chi connectivity index (χ0) is 14.1. The van der Waals surface area contributed by atoms with Crippen LogP contribution in [-0.2, 0) is 6.54 Å². The number of hydrogen-bond acceptors (Lipinski definition) is 4. The maximum atomic E-state index is 13.2. The van der Waals surface area contributed by atoms with E-state index >= 15 is 0 Å². The molecule has 0 radical (unpaired) electrons. The number of nitrogens with one attached hydrogen (secondary N) is 1. The SMILES string of the molecule is Nc1c(C(=O)NCc2ccoc2)sc2ccc(F)cc12. The summed E-state index contributed by atoms with van der Waals surface area (Å²) in [5.41, 5.74) is 7.10. The fraction of sp³-hybridized carbons (Fsp3) is 0.0714. The zero-order valence-corrected chi connectivity index (χ0v) is 11.2. The van der Waals surface area contributed by atoms with Gasteiger partial charge in [-0.15, -0.1) is 11.3 Å². The summed E-state index contributed by atoms with van der Waals surface area (Å²) in [5, 5.41) is 3.33. The molecule has 0 saturated heterocycles. The van der Waals surface area contributed by atoms with Crippen LogP contribution >= 0.6 is 11.3 Å². The highest BCUT2D eigenvalue weighted by Crippen LogP contribution is 2.33. The lowest BCUT2D eigenvalue weighted by Gasteiger charge is -2.02. The summed E-state index contributed by atoms with van der Waals surface area (Å²) in [6.45, 7) is 0.359. The van der Waals surface area contributed by atoms with E-state index in [1.807, 2.05) is 0 Å². The van der Waals surface area contributed by atoms with Gasteiger partial charge < -0.3 is 15.5 Å². The quantitative estimate of drug-likeness (QED) is 0.778. The van der Waals surface area contributed by atoms with Gasteiger partial charge in [-0.1, -0.05) is 0 Å². The minimum atomic E-state index is -0.368. The van der Waals surface area contributed by atoms with E-state index in [0.29, 0.717) is 22.5 Å². The van der Waals surface area contributed by atoms with Crippen LogP contribution in [0.25, 0.3) is 10.1 Å². The average Bonchev–Trinajstić information content (AvgIpc) is 3.05. The van der Waals surface area contributed by atoms with Crippen LogP contribution in [0.5, 0.6) is 0 Å². The maximum absolute atomic E-state index is 13.2. The molecule has 0 bridgehead atoms. The summed E-state index contributed by atoms with van der Waals surface area (Å²) in [6, 6.07) is 6.09. The lowest BCUT2D eigenvalue weighted by atomic mass is 10.2. The number of rotatable bonds is 3. The number of fused-ring (bicyclic) bond motifs is 1. The Morgan fingerprint density at radius 1 is 1.40 bits per heavy atom. The average molecular weight is 290 g/mol. The van der Waals surface area contributed by atoms with E-state index in [-0.39, 0.29) is 11.7 Å². The lowest BCUT2D eigenvalue weighted by Crippen LogP contribution is -2.22. The van der Waals surface area contributed by atoms with Crippen LogP contribution in [0.15, 0.2) is 41.2 Å². The second-order valence-corrected chi connectivity index (χ2v) is 5.35. The molecular formula is C14H11FN2O2S. The van der Waals surface area contributed by atoms with Crippen molar-refractivity contribution in [2.24, 2.45) is 0 Å². The molecule has 102 valence electrons. The first-order valence-corrected chi connectivity index (χ1v) is 6.73. The highest BCUT2D eigenvalue weighted by Gasteiger charge is 2.16. The monoisotopic (exact) mass is 290 g/mol. The Bertz CT molecular complexity index is 765. The molecular weight excluding hydrogens is 279 g/mol. The number of nitrogens with two attached hydrogens (primary N) is 1. The van der Waals surface area contributed by atoms with Crippen LogP contribution in [0.4, 0.5) is 10.1 Å². The van der Waals surface area contributed by atoms with Gasteiger partial charge in [0.1, 0.15) is 10.7 Å². The predicted molar refractivity (Wildman–Crippen MR) is 76.1 cm³/mol. The zero-order valence-electron chi connectivity index (χ0n) is 10.4. The molecule has 3 rings (SSSR count). The molecule has 0 spiro atoms. The molecule has 6 heteroatoms. The molecule has 2 aromatic heterocycles. The van der Waals surface area contributed by atoms with Crippen molar-refractivity contribution in [3.63, 3.8) is 0 Å². The standard InChI is InChI=1S/C14H11FN2O2S/c15-9-1-2-11-10(5-9)12(16)13(20-11)14(18)17-6-8-3-4-19-7-8/h1-5,7H,6,16H2,(H,17,18). The lowest BCUT2D eigenvalue weighted by molar-refractivity contribution is 0.0956. The summed E-state index contributed by atoms with van der Waals surface area (Å²) < 4.78 is 18.9. The van der Waals surface area contributed by atoms with Gasteiger partial charge in [-0.05, 0) is 24.3 Å². The Balaban J connectivity index is 1.86. The molecule has 0 aliphatic heterocycles. The van der Waals surface area contributed by atoms with E-state index in [4.69, 9.17) is 10.2 Å². The second kappa shape index (κ2) is 4.97. The third-order valence-electron chi connectivity index (χ3n) is 2.93. The number of carbonyl (C=O) groups is 1. The van der Waals surface area contributed by atoms with E-state index in [9.17, 15) is 9.18 Å². The fourth-order valence-corrected chi connectivity index (χ4v) is 2.93. The molecule has 0 aliphatic carbocycles. The number of carbonyl (C=O) groups excluding carboxylic acids is 1. The molecule has 2 heterocycles. The smallest absolute Gasteiger partial charge is 0.263 e. The third kappa shape index (κ3) is 2.25. The molecule has 0 saturated carbocycles. The van der Waals surface area contributed by atoms with Crippen molar-refractivity contribution < 1.29 is 13.6 Å². The Kier molecular flexibility index (Phi) is 3.15. The third-order valence-corrected chi connectivity index (χ3v) is 4.11. The highest BCUT2D eigenvalue weighted by molar-refractivity contribution is 7.21. The van der Waals surface area contributed by atoms with Crippen molar-refractivity contribution in [2.45, 2.75) is 6.54 Å². The predicted octanol–water partition coefficient (Wildman–Crippen LogP) is 3.15. The van der Waals surface area contributed by atoms with E-state index in [1.165, 1.54) is 29.7 Å². The highest BCUT2D eigenvalue weighted by atomic mass is 32.1. The van der Waals surface area contributed by atoms with Crippen molar-refractivity contribution in [1.82, 2.24) is 5.32 Å². The van der Waals surface area contributed by atoms with Gasteiger partial charge in [0, 0.05) is 22.2 Å². The van der Waals surface area contributed by atoms with Crippen molar-refractivity contribution in [1.29, 1.82) is 0 Å². The molecule has 1 aromatic carbocycles. The summed E-state index contributed by atoms with van der Waals surface area (Å²) in [4.78, 5) is 12.5. The van der Waals surface area contributed by atoms with Gasteiger partial charge in [-0.2, -0.15) is 0 Å². The molecule has 0 unspecified atom stereocenters. The largest absolute Gasteiger partial charge is 0.472 e. The summed E-state index contributed by atoms with van der Waals surface area (Å²) in [5.74, 6) is -0.641. The first kappa shape index (κ1) is 12.7. The second-order valence-electron chi connectivity index (χ2n) is 4.30.